The van der Waals surface area contributed by atoms with E-state index in [2.05, 4.69) is 13.8 Å². The van der Waals surface area contributed by atoms with E-state index in [0.717, 1.165) is 6.42 Å². The first kappa shape index (κ1) is 15.9. The van der Waals surface area contributed by atoms with Gasteiger partial charge in [0.2, 0.25) is 10.0 Å². The summed E-state index contributed by atoms with van der Waals surface area (Å²) in [6.07, 6.45) is 0.839. The molecule has 0 bridgehead atoms. The number of nitrogens with two attached hydrogens (primary N) is 1. The van der Waals surface area contributed by atoms with Crippen molar-refractivity contribution in [2.24, 2.45) is 11.8 Å². The fourth-order valence-electron chi connectivity index (χ4n) is 2.42. The minimum Gasteiger partial charge on any atom is -0.398 e. The number of nitrogen functional groups attached to an aromatic ring is 1. The molecule has 2 atom stereocenters. The van der Waals surface area contributed by atoms with E-state index >= 15 is 0 Å². The Balaban J connectivity index is 2.41. The molecule has 7 heteroatoms. The van der Waals surface area contributed by atoms with Gasteiger partial charge in [-0.2, -0.15) is 4.31 Å². The lowest BCUT2D eigenvalue weighted by Gasteiger charge is -2.34. The lowest BCUT2D eigenvalue weighted by molar-refractivity contribution is 0.212. The van der Waals surface area contributed by atoms with Gasteiger partial charge in [0.15, 0.2) is 0 Å². The van der Waals surface area contributed by atoms with E-state index in [4.69, 9.17) is 28.9 Å². The number of hydrogen-bond acceptors (Lipinski definition) is 3. The number of halogens is 2. The van der Waals surface area contributed by atoms with E-state index in [1.54, 1.807) is 0 Å². The van der Waals surface area contributed by atoms with E-state index < -0.39 is 10.0 Å². The summed E-state index contributed by atoms with van der Waals surface area (Å²) in [5.41, 5.74) is 5.89. The zero-order chi connectivity index (χ0) is 15.1. The Morgan fingerprint density at radius 3 is 2.45 bits per heavy atom. The summed E-state index contributed by atoms with van der Waals surface area (Å²) < 4.78 is 26.9. The Hall–Kier alpha value is -0.490. The molecular weight excluding hydrogens is 319 g/mol. The Morgan fingerprint density at radius 1 is 1.25 bits per heavy atom. The van der Waals surface area contributed by atoms with Crippen LogP contribution < -0.4 is 5.73 Å². The van der Waals surface area contributed by atoms with E-state index in [9.17, 15) is 8.42 Å². The van der Waals surface area contributed by atoms with Crippen molar-refractivity contribution in [1.82, 2.24) is 4.31 Å². The second-order valence-corrected chi connectivity index (χ2v) is 8.13. The molecule has 1 fully saturated rings. The van der Waals surface area contributed by atoms with Crippen LogP contribution in [0, 0.1) is 11.8 Å². The summed E-state index contributed by atoms with van der Waals surface area (Å²) >= 11 is 11.9. The summed E-state index contributed by atoms with van der Waals surface area (Å²) in [7, 11) is -3.68. The van der Waals surface area contributed by atoms with Crippen molar-refractivity contribution < 1.29 is 8.42 Å². The molecule has 1 aromatic carbocycles. The van der Waals surface area contributed by atoms with Crippen molar-refractivity contribution >= 4 is 38.9 Å². The molecular formula is C13H18Cl2N2O2S. The molecule has 1 aliphatic heterocycles. The van der Waals surface area contributed by atoms with Crippen molar-refractivity contribution in [3.63, 3.8) is 0 Å². The van der Waals surface area contributed by atoms with Crippen LogP contribution in [0.4, 0.5) is 5.69 Å². The molecule has 2 rings (SSSR count). The average Bonchev–Trinajstić information content (AvgIpc) is 2.30. The van der Waals surface area contributed by atoms with Crippen molar-refractivity contribution in [3.05, 3.63) is 22.2 Å². The number of anilines is 1. The maximum atomic E-state index is 12.7. The van der Waals surface area contributed by atoms with Gasteiger partial charge in [0.25, 0.3) is 0 Å². The molecule has 20 heavy (non-hydrogen) atoms. The van der Waals surface area contributed by atoms with Crippen LogP contribution in [0.15, 0.2) is 17.0 Å². The molecule has 2 N–H and O–H groups in total. The highest BCUT2D eigenvalue weighted by Crippen LogP contribution is 2.35. The number of piperidine rings is 1. The molecule has 0 saturated carbocycles. The quantitative estimate of drug-likeness (QED) is 0.843. The predicted octanol–water partition coefficient (Wildman–Crippen LogP) is 3.24. The molecule has 1 aliphatic rings. The minimum atomic E-state index is -3.68. The fraction of sp³-hybridized carbons (Fsp3) is 0.538. The first-order chi connectivity index (χ1) is 9.23. The Bertz CT molecular complexity index is 596. The second-order valence-electron chi connectivity index (χ2n) is 5.41. The van der Waals surface area contributed by atoms with Crippen LogP contribution in [-0.2, 0) is 10.0 Å². The summed E-state index contributed by atoms with van der Waals surface area (Å²) in [6, 6.07) is 2.82. The third kappa shape index (κ3) is 2.91. The Labute approximate surface area is 129 Å². The van der Waals surface area contributed by atoms with Crippen LogP contribution in [0.3, 0.4) is 0 Å². The molecule has 0 radical (unpaired) electrons. The van der Waals surface area contributed by atoms with Crippen molar-refractivity contribution in [3.8, 4) is 0 Å². The minimum absolute atomic E-state index is 0.0367. The number of nitrogens with zero attached hydrogens (tertiary/aromatic N) is 1. The van der Waals surface area contributed by atoms with Crippen LogP contribution in [0.1, 0.15) is 20.3 Å². The number of benzene rings is 1. The topological polar surface area (TPSA) is 63.4 Å². The molecule has 112 valence electrons. The van der Waals surface area contributed by atoms with E-state index in [-0.39, 0.29) is 15.6 Å². The SMILES string of the molecule is CC1CCN(S(=O)(=O)c2c(N)cc(Cl)cc2Cl)CC1C. The summed E-state index contributed by atoms with van der Waals surface area (Å²) in [6.45, 7) is 5.17. The van der Waals surface area contributed by atoms with Crippen LogP contribution in [0.2, 0.25) is 10.0 Å². The molecule has 1 saturated heterocycles. The molecule has 0 spiro atoms. The third-order valence-corrected chi connectivity index (χ3v) is 6.54. The zero-order valence-electron chi connectivity index (χ0n) is 11.4. The van der Waals surface area contributed by atoms with Crippen LogP contribution in [-0.4, -0.2) is 25.8 Å². The standard InChI is InChI=1S/C13H18Cl2N2O2S/c1-8-3-4-17(7-9(8)2)20(18,19)13-11(15)5-10(14)6-12(13)16/h5-6,8-9H,3-4,7,16H2,1-2H3. The van der Waals surface area contributed by atoms with Gasteiger partial charge >= 0.3 is 0 Å². The molecule has 0 amide bonds. The van der Waals surface area contributed by atoms with Crippen LogP contribution in [0.5, 0.6) is 0 Å². The molecule has 1 heterocycles. The van der Waals surface area contributed by atoms with Gasteiger partial charge in [0, 0.05) is 18.1 Å². The lowest BCUT2D eigenvalue weighted by atomic mass is 9.90. The van der Waals surface area contributed by atoms with Gasteiger partial charge in [-0.3, -0.25) is 0 Å². The summed E-state index contributed by atoms with van der Waals surface area (Å²) in [4.78, 5) is -0.0367. The van der Waals surface area contributed by atoms with Crippen LogP contribution in [0.25, 0.3) is 0 Å². The van der Waals surface area contributed by atoms with Crippen molar-refractivity contribution in [2.45, 2.75) is 25.2 Å². The van der Waals surface area contributed by atoms with Crippen molar-refractivity contribution in [1.29, 1.82) is 0 Å². The molecule has 4 nitrogen and oxygen atoms in total. The Kier molecular flexibility index (Phi) is 4.54. The molecule has 0 aromatic heterocycles. The monoisotopic (exact) mass is 336 g/mol. The van der Waals surface area contributed by atoms with Gasteiger partial charge in [-0.25, -0.2) is 8.42 Å². The van der Waals surface area contributed by atoms with E-state index in [1.165, 1.54) is 16.4 Å². The highest BCUT2D eigenvalue weighted by atomic mass is 35.5. The van der Waals surface area contributed by atoms with Gasteiger partial charge in [0.05, 0.1) is 10.7 Å². The number of rotatable bonds is 2. The van der Waals surface area contributed by atoms with Gasteiger partial charge in [0.1, 0.15) is 4.90 Å². The van der Waals surface area contributed by atoms with Gasteiger partial charge in [-0.1, -0.05) is 37.0 Å². The van der Waals surface area contributed by atoms with Gasteiger partial charge < -0.3 is 5.73 Å². The van der Waals surface area contributed by atoms with E-state index in [1.807, 2.05) is 0 Å². The summed E-state index contributed by atoms with van der Waals surface area (Å²) in [5, 5.41) is 0.397. The first-order valence-electron chi connectivity index (χ1n) is 6.48. The fourth-order valence-corrected chi connectivity index (χ4v) is 4.92. The van der Waals surface area contributed by atoms with Gasteiger partial charge in [-0.05, 0) is 30.4 Å². The molecule has 2 unspecified atom stereocenters. The van der Waals surface area contributed by atoms with E-state index in [0.29, 0.717) is 29.9 Å². The van der Waals surface area contributed by atoms with Crippen molar-refractivity contribution in [2.75, 3.05) is 18.8 Å². The number of hydrogen-bond donors (Lipinski definition) is 1. The largest absolute Gasteiger partial charge is 0.398 e. The normalized spacial score (nSPS) is 24.8. The highest BCUT2D eigenvalue weighted by Gasteiger charge is 2.34. The zero-order valence-corrected chi connectivity index (χ0v) is 13.8. The maximum Gasteiger partial charge on any atom is 0.246 e. The Morgan fingerprint density at radius 2 is 1.90 bits per heavy atom. The lowest BCUT2D eigenvalue weighted by Crippen LogP contribution is -2.42. The molecule has 1 aromatic rings. The predicted molar refractivity (Wildman–Crippen MR) is 82.6 cm³/mol. The smallest absolute Gasteiger partial charge is 0.246 e. The third-order valence-electron chi connectivity index (χ3n) is 3.93. The number of sulfonamides is 1. The molecule has 0 aliphatic carbocycles. The van der Waals surface area contributed by atoms with Crippen LogP contribution >= 0.6 is 23.2 Å². The average molecular weight is 337 g/mol. The maximum absolute atomic E-state index is 12.7. The van der Waals surface area contributed by atoms with Gasteiger partial charge in [-0.15, -0.1) is 0 Å². The summed E-state index contributed by atoms with van der Waals surface area (Å²) in [5.74, 6) is 0.824. The second kappa shape index (κ2) is 5.72. The highest BCUT2D eigenvalue weighted by molar-refractivity contribution is 7.89. The first-order valence-corrected chi connectivity index (χ1v) is 8.67.